The summed E-state index contributed by atoms with van der Waals surface area (Å²) in [6, 6.07) is 10.4. The van der Waals surface area contributed by atoms with Crippen molar-refractivity contribution < 1.29 is 9.72 Å². The summed E-state index contributed by atoms with van der Waals surface area (Å²) in [5, 5.41) is 14.5. The SMILES string of the molecule is CC(C)CNC(=O)[C@@H]1Cc2cc([N+](=O)[O-])ccc2N2C[C@H]3C[C@H](Cn4c3cccc4=O)[C@@H]12. The molecule has 0 unspecified atom stereocenters. The van der Waals surface area contributed by atoms with Gasteiger partial charge in [-0.05, 0) is 42.4 Å². The van der Waals surface area contributed by atoms with Gasteiger partial charge in [-0.25, -0.2) is 0 Å². The van der Waals surface area contributed by atoms with E-state index in [0.29, 0.717) is 32.0 Å². The van der Waals surface area contributed by atoms with Crippen LogP contribution in [0, 0.1) is 27.9 Å². The molecule has 2 bridgehead atoms. The molecule has 1 aromatic carbocycles. The number of hydrogen-bond acceptors (Lipinski definition) is 5. The Morgan fingerprint density at radius 1 is 1.25 bits per heavy atom. The van der Waals surface area contributed by atoms with E-state index in [1.54, 1.807) is 18.2 Å². The van der Waals surface area contributed by atoms with Gasteiger partial charge in [-0.1, -0.05) is 19.9 Å². The van der Waals surface area contributed by atoms with Crippen LogP contribution in [0.2, 0.25) is 0 Å². The molecule has 1 fully saturated rings. The monoisotopic (exact) mass is 436 g/mol. The Morgan fingerprint density at radius 2 is 2.06 bits per heavy atom. The number of fused-ring (bicyclic) bond motifs is 8. The van der Waals surface area contributed by atoms with E-state index in [9.17, 15) is 19.7 Å². The third-order valence-electron chi connectivity index (χ3n) is 7.22. The topological polar surface area (TPSA) is 97.5 Å². The summed E-state index contributed by atoms with van der Waals surface area (Å²) in [7, 11) is 0. The van der Waals surface area contributed by atoms with Crippen LogP contribution in [0.3, 0.4) is 0 Å². The van der Waals surface area contributed by atoms with Gasteiger partial charge in [-0.15, -0.1) is 0 Å². The van der Waals surface area contributed by atoms with Crippen molar-refractivity contribution in [1.29, 1.82) is 0 Å². The molecular formula is C24H28N4O4. The van der Waals surface area contributed by atoms with Crippen LogP contribution >= 0.6 is 0 Å². The van der Waals surface area contributed by atoms with Gasteiger partial charge in [0.25, 0.3) is 11.2 Å². The number of nitrogens with zero attached hydrogens (tertiary/aromatic N) is 3. The number of piperidine rings is 1. The Morgan fingerprint density at radius 3 is 2.81 bits per heavy atom. The molecule has 4 atom stereocenters. The van der Waals surface area contributed by atoms with E-state index < -0.39 is 0 Å². The summed E-state index contributed by atoms with van der Waals surface area (Å²) in [6.45, 7) is 6.01. The number of carbonyl (C=O) groups excluding carboxylic acids is 1. The van der Waals surface area contributed by atoms with Gasteiger partial charge < -0.3 is 14.8 Å². The van der Waals surface area contributed by atoms with Crippen LogP contribution < -0.4 is 15.8 Å². The fraction of sp³-hybridized carbons (Fsp3) is 0.500. The van der Waals surface area contributed by atoms with Crippen molar-refractivity contribution in [2.45, 2.75) is 45.2 Å². The zero-order valence-corrected chi connectivity index (χ0v) is 18.4. The average molecular weight is 437 g/mol. The second kappa shape index (κ2) is 7.76. The maximum absolute atomic E-state index is 13.3. The van der Waals surface area contributed by atoms with Crippen LogP contribution in [0.15, 0.2) is 41.2 Å². The molecule has 4 heterocycles. The number of pyridine rings is 1. The van der Waals surface area contributed by atoms with Gasteiger partial charge in [0.15, 0.2) is 0 Å². The van der Waals surface area contributed by atoms with E-state index in [2.05, 4.69) is 24.1 Å². The summed E-state index contributed by atoms with van der Waals surface area (Å²) in [4.78, 5) is 39.2. The minimum atomic E-state index is -0.381. The maximum Gasteiger partial charge on any atom is 0.269 e. The smallest absolute Gasteiger partial charge is 0.269 e. The number of anilines is 1. The van der Waals surface area contributed by atoms with Gasteiger partial charge in [-0.2, -0.15) is 0 Å². The van der Waals surface area contributed by atoms with E-state index in [-0.39, 0.29) is 45.9 Å². The van der Waals surface area contributed by atoms with Crippen molar-refractivity contribution >= 4 is 17.3 Å². The van der Waals surface area contributed by atoms with Gasteiger partial charge in [0.05, 0.1) is 10.8 Å². The van der Waals surface area contributed by atoms with Gasteiger partial charge in [0, 0.05) is 61.2 Å². The summed E-state index contributed by atoms with van der Waals surface area (Å²) >= 11 is 0. The minimum absolute atomic E-state index is 0.00416. The van der Waals surface area contributed by atoms with Gasteiger partial charge in [0.2, 0.25) is 5.91 Å². The standard InChI is InChI=1S/C24H28N4O4/c1-14(2)11-25-24(30)19-10-15-9-18(28(31)32)6-7-21(15)27-12-16-8-17(23(19)27)13-26-20(16)4-3-5-22(26)29/h3-7,9,14,16-17,19,23H,8,10-13H2,1-2H3,(H,25,30)/t16-,17-,19-,23+/m1/s1. The van der Waals surface area contributed by atoms with Crippen molar-refractivity contribution in [2.75, 3.05) is 18.0 Å². The van der Waals surface area contributed by atoms with Gasteiger partial charge >= 0.3 is 0 Å². The third kappa shape index (κ3) is 3.38. The van der Waals surface area contributed by atoms with Crippen LogP contribution in [0.25, 0.3) is 0 Å². The Balaban J connectivity index is 1.58. The highest BCUT2D eigenvalue weighted by Gasteiger charge is 2.49. The molecule has 2 aromatic rings. The molecule has 1 N–H and O–H groups in total. The van der Waals surface area contributed by atoms with Crippen LogP contribution in [0.4, 0.5) is 11.4 Å². The number of nitro benzene ring substituents is 1. The molecular weight excluding hydrogens is 408 g/mol. The number of amides is 1. The number of nitrogens with one attached hydrogen (secondary N) is 1. The molecule has 5 rings (SSSR count). The molecule has 0 spiro atoms. The number of benzene rings is 1. The predicted molar refractivity (Wildman–Crippen MR) is 121 cm³/mol. The molecule has 8 heteroatoms. The fourth-order valence-electron chi connectivity index (χ4n) is 5.89. The molecule has 1 saturated heterocycles. The second-order valence-electron chi connectivity index (χ2n) is 9.75. The highest BCUT2D eigenvalue weighted by Crippen LogP contribution is 2.47. The molecule has 1 aromatic heterocycles. The van der Waals surface area contributed by atoms with E-state index in [1.807, 2.05) is 22.8 Å². The second-order valence-corrected chi connectivity index (χ2v) is 9.75. The number of nitro groups is 1. The zero-order valence-electron chi connectivity index (χ0n) is 18.4. The zero-order chi connectivity index (χ0) is 22.6. The lowest BCUT2D eigenvalue weighted by atomic mass is 9.70. The minimum Gasteiger partial charge on any atom is -0.366 e. The predicted octanol–water partition coefficient (Wildman–Crippen LogP) is 2.69. The number of carbonyl (C=O) groups is 1. The molecule has 168 valence electrons. The number of aromatic nitrogens is 1. The highest BCUT2D eigenvalue weighted by atomic mass is 16.6. The van der Waals surface area contributed by atoms with Crippen LogP contribution in [0.1, 0.15) is 37.4 Å². The summed E-state index contributed by atoms with van der Waals surface area (Å²) in [6.07, 6.45) is 1.42. The molecule has 0 aliphatic carbocycles. The summed E-state index contributed by atoms with van der Waals surface area (Å²) < 4.78 is 1.88. The van der Waals surface area contributed by atoms with E-state index >= 15 is 0 Å². The van der Waals surface area contributed by atoms with Crippen molar-refractivity contribution in [3.63, 3.8) is 0 Å². The molecule has 1 amide bonds. The maximum atomic E-state index is 13.3. The first kappa shape index (κ1) is 20.7. The Bertz CT molecular complexity index is 1140. The first-order valence-electron chi connectivity index (χ1n) is 11.3. The van der Waals surface area contributed by atoms with E-state index in [1.165, 1.54) is 0 Å². The van der Waals surface area contributed by atoms with Gasteiger partial charge in [-0.3, -0.25) is 19.7 Å². The molecule has 3 aliphatic heterocycles. The normalized spacial score (nSPS) is 25.5. The van der Waals surface area contributed by atoms with E-state index in [0.717, 1.165) is 23.4 Å². The summed E-state index contributed by atoms with van der Waals surface area (Å²) in [5.74, 6) is 0.382. The van der Waals surface area contributed by atoms with Crippen molar-refractivity contribution in [3.05, 3.63) is 68.1 Å². The Kier molecular flexibility index (Phi) is 5.03. The molecule has 8 nitrogen and oxygen atoms in total. The third-order valence-corrected chi connectivity index (χ3v) is 7.22. The number of hydrogen-bond donors (Lipinski definition) is 1. The fourth-order valence-corrected chi connectivity index (χ4v) is 5.89. The summed E-state index contributed by atoms with van der Waals surface area (Å²) in [5.41, 5.74) is 2.94. The molecule has 0 radical (unpaired) electrons. The lowest BCUT2D eigenvalue weighted by Crippen LogP contribution is -2.61. The van der Waals surface area contributed by atoms with Gasteiger partial charge in [0.1, 0.15) is 0 Å². The number of non-ortho nitro benzene ring substituents is 1. The highest BCUT2D eigenvalue weighted by molar-refractivity contribution is 5.82. The Hall–Kier alpha value is -3.16. The average Bonchev–Trinajstić information content (AvgIpc) is 2.77. The first-order chi connectivity index (χ1) is 15.3. The van der Waals surface area contributed by atoms with Crippen molar-refractivity contribution in [3.8, 4) is 0 Å². The van der Waals surface area contributed by atoms with E-state index in [4.69, 9.17) is 0 Å². The molecule has 32 heavy (non-hydrogen) atoms. The van der Waals surface area contributed by atoms with Crippen molar-refractivity contribution in [1.82, 2.24) is 9.88 Å². The number of rotatable bonds is 4. The lowest BCUT2D eigenvalue weighted by Gasteiger charge is -2.54. The molecule has 3 aliphatic rings. The van der Waals surface area contributed by atoms with Crippen LogP contribution in [0.5, 0.6) is 0 Å². The first-order valence-corrected chi connectivity index (χ1v) is 11.3. The van der Waals surface area contributed by atoms with Crippen LogP contribution in [-0.2, 0) is 17.8 Å². The van der Waals surface area contributed by atoms with Crippen molar-refractivity contribution in [2.24, 2.45) is 17.8 Å². The molecule has 0 saturated carbocycles. The largest absolute Gasteiger partial charge is 0.366 e. The quantitative estimate of drug-likeness (QED) is 0.587. The Labute approximate surface area is 186 Å². The lowest BCUT2D eigenvalue weighted by molar-refractivity contribution is -0.384. The van der Waals surface area contributed by atoms with Crippen LogP contribution in [-0.4, -0.2) is 34.5 Å².